The molecular weight excluding hydrogens is 348 g/mol. The monoisotopic (exact) mass is 378 g/mol. The van der Waals surface area contributed by atoms with Gasteiger partial charge in [-0.2, -0.15) is 0 Å². The quantitative estimate of drug-likeness (QED) is 0.876. The molecule has 0 bridgehead atoms. The van der Waals surface area contributed by atoms with Gasteiger partial charge in [0.05, 0.1) is 0 Å². The number of nitrogens with zero attached hydrogens (tertiary/aromatic N) is 1. The predicted octanol–water partition coefficient (Wildman–Crippen LogP) is 3.92. The average Bonchev–Trinajstić information content (AvgIpc) is 2.66. The lowest BCUT2D eigenvalue weighted by Gasteiger charge is -2.36. The topological polar surface area (TPSA) is 49.4 Å². The summed E-state index contributed by atoms with van der Waals surface area (Å²) in [7, 11) is 0. The van der Waals surface area contributed by atoms with E-state index < -0.39 is 6.04 Å². The summed E-state index contributed by atoms with van der Waals surface area (Å²) in [6.07, 6.45) is 1.09. The molecule has 1 aliphatic heterocycles. The van der Waals surface area contributed by atoms with E-state index in [4.69, 9.17) is 0 Å². The zero-order valence-corrected chi connectivity index (χ0v) is 17.3. The zero-order chi connectivity index (χ0) is 20.3. The van der Waals surface area contributed by atoms with Gasteiger partial charge >= 0.3 is 0 Å². The Balaban J connectivity index is 1.71. The van der Waals surface area contributed by atoms with Crippen molar-refractivity contribution >= 4 is 11.8 Å². The van der Waals surface area contributed by atoms with Crippen molar-refractivity contribution in [1.82, 2.24) is 10.2 Å². The number of carbonyl (C=O) groups excluding carboxylic acids is 2. The standard InChI is InChI=1S/C24H30N2O2/c1-17-7-5-6-8-20(17)22-23(28)25-15-16-26(22)21(27)14-11-18-9-12-19(13-10-18)24(2,3)4/h5-10,12-13,22H,11,14-16H2,1-4H3,(H,25,28). The van der Waals surface area contributed by atoms with Crippen LogP contribution in [0.4, 0.5) is 0 Å². The fourth-order valence-electron chi connectivity index (χ4n) is 3.70. The molecule has 2 aromatic rings. The van der Waals surface area contributed by atoms with Crippen LogP contribution in [-0.4, -0.2) is 29.8 Å². The zero-order valence-electron chi connectivity index (χ0n) is 17.3. The molecule has 0 spiro atoms. The SMILES string of the molecule is Cc1ccccc1C1C(=O)NCCN1C(=O)CCc1ccc(C(C)(C)C)cc1. The van der Waals surface area contributed by atoms with Crippen LogP contribution in [0.5, 0.6) is 0 Å². The summed E-state index contributed by atoms with van der Waals surface area (Å²) in [5.41, 5.74) is 4.49. The largest absolute Gasteiger partial charge is 0.352 e. The van der Waals surface area contributed by atoms with Crippen molar-refractivity contribution in [3.05, 3.63) is 70.8 Å². The fraction of sp³-hybridized carbons (Fsp3) is 0.417. The van der Waals surface area contributed by atoms with Gasteiger partial charge in [0.15, 0.2) is 0 Å². The van der Waals surface area contributed by atoms with Gasteiger partial charge in [0.1, 0.15) is 6.04 Å². The van der Waals surface area contributed by atoms with Crippen molar-refractivity contribution in [2.45, 2.75) is 52.0 Å². The van der Waals surface area contributed by atoms with Gasteiger partial charge < -0.3 is 10.2 Å². The third kappa shape index (κ3) is 4.44. The molecule has 1 atom stereocenters. The molecule has 1 aliphatic rings. The second-order valence-corrected chi connectivity index (χ2v) is 8.58. The molecule has 28 heavy (non-hydrogen) atoms. The lowest BCUT2D eigenvalue weighted by atomic mass is 9.86. The summed E-state index contributed by atoms with van der Waals surface area (Å²) in [6, 6.07) is 15.8. The molecule has 3 rings (SSSR count). The highest BCUT2D eigenvalue weighted by Crippen LogP contribution is 2.27. The maximum atomic E-state index is 13.0. The molecule has 0 radical (unpaired) electrons. The first-order valence-electron chi connectivity index (χ1n) is 9.99. The predicted molar refractivity (Wildman–Crippen MR) is 112 cm³/mol. The second kappa shape index (κ2) is 8.17. The highest BCUT2D eigenvalue weighted by atomic mass is 16.2. The van der Waals surface area contributed by atoms with Crippen LogP contribution in [0.15, 0.2) is 48.5 Å². The van der Waals surface area contributed by atoms with Crippen molar-refractivity contribution in [2.24, 2.45) is 0 Å². The Kier molecular flexibility index (Phi) is 5.87. The van der Waals surface area contributed by atoms with Crippen LogP contribution in [0.25, 0.3) is 0 Å². The van der Waals surface area contributed by atoms with Crippen LogP contribution >= 0.6 is 0 Å². The van der Waals surface area contributed by atoms with Gasteiger partial charge in [0.25, 0.3) is 0 Å². The molecule has 1 heterocycles. The second-order valence-electron chi connectivity index (χ2n) is 8.58. The molecule has 1 N–H and O–H groups in total. The van der Waals surface area contributed by atoms with Crippen LogP contribution in [0.2, 0.25) is 0 Å². The number of piperazine rings is 1. The maximum absolute atomic E-state index is 13.0. The van der Waals surface area contributed by atoms with Crippen LogP contribution in [0.1, 0.15) is 55.5 Å². The van der Waals surface area contributed by atoms with E-state index in [1.807, 2.05) is 31.2 Å². The molecule has 4 nitrogen and oxygen atoms in total. The number of rotatable bonds is 4. The van der Waals surface area contributed by atoms with Crippen LogP contribution in [0.3, 0.4) is 0 Å². The fourth-order valence-corrected chi connectivity index (χ4v) is 3.70. The third-order valence-electron chi connectivity index (χ3n) is 5.46. The molecule has 2 aromatic carbocycles. The van der Waals surface area contributed by atoms with E-state index in [0.29, 0.717) is 25.9 Å². The highest BCUT2D eigenvalue weighted by molar-refractivity contribution is 5.90. The number of amides is 2. The summed E-state index contributed by atoms with van der Waals surface area (Å²) < 4.78 is 0. The Morgan fingerprint density at radius 1 is 1.11 bits per heavy atom. The first-order chi connectivity index (χ1) is 13.3. The minimum atomic E-state index is -0.536. The van der Waals surface area contributed by atoms with Gasteiger partial charge in [0.2, 0.25) is 11.8 Å². The van der Waals surface area contributed by atoms with E-state index in [2.05, 4.69) is 50.4 Å². The number of hydrogen-bond donors (Lipinski definition) is 1. The van der Waals surface area contributed by atoms with Crippen LogP contribution < -0.4 is 5.32 Å². The lowest BCUT2D eigenvalue weighted by molar-refractivity contribution is -0.143. The molecule has 0 aromatic heterocycles. The Labute approximate surface area is 167 Å². The highest BCUT2D eigenvalue weighted by Gasteiger charge is 2.34. The van der Waals surface area contributed by atoms with Crippen molar-refractivity contribution in [3.63, 3.8) is 0 Å². The Hall–Kier alpha value is -2.62. The normalized spacial score (nSPS) is 17.4. The summed E-state index contributed by atoms with van der Waals surface area (Å²) in [6.45, 7) is 9.62. The molecule has 1 fully saturated rings. The molecule has 0 saturated carbocycles. The van der Waals surface area contributed by atoms with E-state index in [0.717, 1.165) is 16.7 Å². The van der Waals surface area contributed by atoms with Gasteiger partial charge in [0, 0.05) is 19.5 Å². The Bertz CT molecular complexity index is 850. The van der Waals surface area contributed by atoms with Gasteiger partial charge in [-0.3, -0.25) is 9.59 Å². The molecular formula is C24H30N2O2. The minimum absolute atomic E-state index is 0.0306. The van der Waals surface area contributed by atoms with Crippen LogP contribution in [0, 0.1) is 6.92 Å². The van der Waals surface area contributed by atoms with E-state index in [1.165, 1.54) is 5.56 Å². The smallest absolute Gasteiger partial charge is 0.247 e. The maximum Gasteiger partial charge on any atom is 0.247 e. The van der Waals surface area contributed by atoms with Crippen molar-refractivity contribution in [2.75, 3.05) is 13.1 Å². The van der Waals surface area contributed by atoms with Gasteiger partial charge in [-0.25, -0.2) is 0 Å². The first-order valence-corrected chi connectivity index (χ1v) is 9.99. The molecule has 1 unspecified atom stereocenters. The Morgan fingerprint density at radius 3 is 2.43 bits per heavy atom. The van der Waals surface area contributed by atoms with E-state index in [9.17, 15) is 9.59 Å². The summed E-state index contributed by atoms with van der Waals surface area (Å²) in [4.78, 5) is 27.3. The van der Waals surface area contributed by atoms with Gasteiger partial charge in [-0.1, -0.05) is 69.3 Å². The number of benzene rings is 2. The van der Waals surface area contributed by atoms with E-state index in [-0.39, 0.29) is 17.2 Å². The lowest BCUT2D eigenvalue weighted by Crippen LogP contribution is -2.52. The summed E-state index contributed by atoms with van der Waals surface area (Å²) in [5, 5.41) is 2.90. The summed E-state index contributed by atoms with van der Waals surface area (Å²) >= 11 is 0. The Morgan fingerprint density at radius 2 is 1.79 bits per heavy atom. The molecule has 148 valence electrons. The summed E-state index contributed by atoms with van der Waals surface area (Å²) in [5.74, 6) is -0.0635. The number of nitrogens with one attached hydrogen (secondary N) is 1. The number of carbonyl (C=O) groups is 2. The number of aryl methyl sites for hydroxylation is 2. The molecule has 1 saturated heterocycles. The molecule has 0 aliphatic carbocycles. The van der Waals surface area contributed by atoms with Gasteiger partial charge in [-0.15, -0.1) is 0 Å². The van der Waals surface area contributed by atoms with Crippen molar-refractivity contribution < 1.29 is 9.59 Å². The van der Waals surface area contributed by atoms with Crippen LogP contribution in [-0.2, 0) is 21.4 Å². The average molecular weight is 379 g/mol. The third-order valence-corrected chi connectivity index (χ3v) is 5.46. The van der Waals surface area contributed by atoms with Crippen molar-refractivity contribution in [3.8, 4) is 0 Å². The number of hydrogen-bond acceptors (Lipinski definition) is 2. The van der Waals surface area contributed by atoms with E-state index in [1.54, 1.807) is 4.90 Å². The van der Waals surface area contributed by atoms with E-state index >= 15 is 0 Å². The molecule has 2 amide bonds. The first kappa shape index (κ1) is 20.1. The van der Waals surface area contributed by atoms with Gasteiger partial charge in [-0.05, 0) is 41.0 Å². The van der Waals surface area contributed by atoms with Crippen molar-refractivity contribution in [1.29, 1.82) is 0 Å². The molecule has 4 heteroatoms. The minimum Gasteiger partial charge on any atom is -0.352 e.